The SMILES string of the molecule is COC(=O)c1ccc2c(-c3ccc(C(F)(F)F)cc3)cn3cnnc3c2c1. The second kappa shape index (κ2) is 6.08. The van der Waals surface area contributed by atoms with Crippen molar-refractivity contribution in [2.24, 2.45) is 0 Å². The van der Waals surface area contributed by atoms with E-state index in [9.17, 15) is 18.0 Å². The van der Waals surface area contributed by atoms with E-state index >= 15 is 0 Å². The van der Waals surface area contributed by atoms with Crippen molar-refractivity contribution in [1.82, 2.24) is 14.6 Å². The van der Waals surface area contributed by atoms with Crippen molar-refractivity contribution in [2.75, 3.05) is 7.11 Å². The van der Waals surface area contributed by atoms with Crippen molar-refractivity contribution in [2.45, 2.75) is 6.18 Å². The fourth-order valence-electron chi connectivity index (χ4n) is 3.02. The van der Waals surface area contributed by atoms with E-state index in [-0.39, 0.29) is 0 Å². The van der Waals surface area contributed by atoms with Crippen LogP contribution in [0.25, 0.3) is 27.5 Å². The van der Waals surface area contributed by atoms with Crippen LogP contribution < -0.4 is 0 Å². The van der Waals surface area contributed by atoms with Crippen molar-refractivity contribution in [1.29, 1.82) is 0 Å². The molecule has 2 aromatic heterocycles. The summed E-state index contributed by atoms with van der Waals surface area (Å²) in [4.78, 5) is 11.8. The Morgan fingerprint density at radius 2 is 1.81 bits per heavy atom. The van der Waals surface area contributed by atoms with Crippen molar-refractivity contribution < 1.29 is 22.7 Å². The maximum absolute atomic E-state index is 12.8. The summed E-state index contributed by atoms with van der Waals surface area (Å²) in [6.45, 7) is 0. The Hall–Kier alpha value is -3.42. The third kappa shape index (κ3) is 2.88. The summed E-state index contributed by atoms with van der Waals surface area (Å²) in [7, 11) is 1.29. The van der Waals surface area contributed by atoms with Gasteiger partial charge in [-0.05, 0) is 35.2 Å². The van der Waals surface area contributed by atoms with E-state index in [1.165, 1.54) is 25.6 Å². The van der Waals surface area contributed by atoms with Gasteiger partial charge in [0.1, 0.15) is 6.33 Å². The molecule has 8 heteroatoms. The number of halogens is 3. The predicted molar refractivity (Wildman–Crippen MR) is 92.3 cm³/mol. The Kier molecular flexibility index (Phi) is 3.83. The topological polar surface area (TPSA) is 56.5 Å². The van der Waals surface area contributed by atoms with E-state index in [1.54, 1.807) is 28.8 Å². The highest BCUT2D eigenvalue weighted by molar-refractivity contribution is 6.06. The number of hydrogen-bond donors (Lipinski definition) is 0. The van der Waals surface area contributed by atoms with Gasteiger partial charge in [0.15, 0.2) is 5.65 Å². The number of pyridine rings is 1. The monoisotopic (exact) mass is 371 g/mol. The Balaban J connectivity index is 1.95. The van der Waals surface area contributed by atoms with E-state index in [0.29, 0.717) is 27.7 Å². The van der Waals surface area contributed by atoms with Crippen LogP contribution in [0.2, 0.25) is 0 Å². The maximum Gasteiger partial charge on any atom is 0.416 e. The lowest BCUT2D eigenvalue weighted by Crippen LogP contribution is -2.04. The number of esters is 1. The molecule has 0 aliphatic rings. The number of alkyl halides is 3. The van der Waals surface area contributed by atoms with Crippen molar-refractivity contribution in [3.8, 4) is 11.1 Å². The minimum Gasteiger partial charge on any atom is -0.465 e. The lowest BCUT2D eigenvalue weighted by atomic mass is 9.98. The minimum absolute atomic E-state index is 0.347. The molecule has 5 nitrogen and oxygen atoms in total. The van der Waals surface area contributed by atoms with Crippen LogP contribution >= 0.6 is 0 Å². The van der Waals surface area contributed by atoms with E-state index in [1.807, 2.05) is 0 Å². The summed E-state index contributed by atoms with van der Waals surface area (Å²) in [6.07, 6.45) is -1.15. The molecule has 136 valence electrons. The molecule has 2 aromatic carbocycles. The Bertz CT molecular complexity index is 1160. The van der Waals surface area contributed by atoms with Gasteiger partial charge in [-0.3, -0.25) is 4.40 Å². The highest BCUT2D eigenvalue weighted by atomic mass is 19.4. The fraction of sp³-hybridized carbons (Fsp3) is 0.105. The molecule has 0 atom stereocenters. The molecule has 0 fully saturated rings. The fourth-order valence-corrected chi connectivity index (χ4v) is 3.02. The van der Waals surface area contributed by atoms with E-state index in [0.717, 1.165) is 17.5 Å². The molecule has 0 N–H and O–H groups in total. The van der Waals surface area contributed by atoms with Gasteiger partial charge in [-0.15, -0.1) is 10.2 Å². The average molecular weight is 371 g/mol. The highest BCUT2D eigenvalue weighted by Gasteiger charge is 2.30. The molecule has 0 radical (unpaired) electrons. The molecule has 4 aromatic rings. The molecule has 2 heterocycles. The van der Waals surface area contributed by atoms with Crippen LogP contribution in [0, 0.1) is 0 Å². The molecule has 0 spiro atoms. The third-order valence-electron chi connectivity index (χ3n) is 4.34. The number of carbonyl (C=O) groups is 1. The number of nitrogens with zero attached hydrogens (tertiary/aromatic N) is 3. The van der Waals surface area contributed by atoms with Gasteiger partial charge >= 0.3 is 12.1 Å². The molecule has 0 amide bonds. The molecular weight excluding hydrogens is 359 g/mol. The van der Waals surface area contributed by atoms with Crippen LogP contribution in [0.4, 0.5) is 13.2 Å². The largest absolute Gasteiger partial charge is 0.465 e. The van der Waals surface area contributed by atoms with Crippen molar-refractivity contribution >= 4 is 22.4 Å². The molecule has 0 saturated heterocycles. The lowest BCUT2D eigenvalue weighted by molar-refractivity contribution is -0.137. The van der Waals surface area contributed by atoms with E-state index in [2.05, 4.69) is 10.2 Å². The molecule has 27 heavy (non-hydrogen) atoms. The predicted octanol–water partition coefficient (Wildman–Crippen LogP) is 4.35. The van der Waals surface area contributed by atoms with Gasteiger partial charge in [0.25, 0.3) is 0 Å². The number of aromatic nitrogens is 3. The number of ether oxygens (including phenoxy) is 1. The van der Waals surface area contributed by atoms with Gasteiger partial charge in [0, 0.05) is 17.1 Å². The van der Waals surface area contributed by atoms with Gasteiger partial charge in [0.05, 0.1) is 18.2 Å². The number of fused-ring (bicyclic) bond motifs is 3. The van der Waals surface area contributed by atoms with Gasteiger partial charge < -0.3 is 4.74 Å². The van der Waals surface area contributed by atoms with Gasteiger partial charge in [0.2, 0.25) is 0 Å². The van der Waals surface area contributed by atoms with Crippen LogP contribution in [0.1, 0.15) is 15.9 Å². The van der Waals surface area contributed by atoms with Crippen LogP contribution in [0.3, 0.4) is 0 Å². The van der Waals surface area contributed by atoms with Crippen LogP contribution in [0.15, 0.2) is 55.0 Å². The quantitative estimate of drug-likeness (QED) is 0.492. The van der Waals surface area contributed by atoms with Gasteiger partial charge in [-0.1, -0.05) is 18.2 Å². The molecule has 0 bridgehead atoms. The molecule has 0 unspecified atom stereocenters. The first-order chi connectivity index (χ1) is 12.9. The Morgan fingerprint density at radius 3 is 2.48 bits per heavy atom. The van der Waals surface area contributed by atoms with Crippen molar-refractivity contribution in [3.05, 3.63) is 66.1 Å². The zero-order valence-electron chi connectivity index (χ0n) is 14.0. The van der Waals surface area contributed by atoms with Crippen molar-refractivity contribution in [3.63, 3.8) is 0 Å². The first-order valence-corrected chi connectivity index (χ1v) is 7.90. The van der Waals surface area contributed by atoms with Crippen LogP contribution in [0.5, 0.6) is 0 Å². The van der Waals surface area contributed by atoms with E-state index < -0.39 is 17.7 Å². The standard InChI is InChI=1S/C19H12F3N3O2/c1-27-18(26)12-4-7-14-15(8-12)17-24-23-10-25(17)9-16(14)11-2-5-13(6-3-11)19(20,21)22/h2-10H,1H3. The minimum atomic E-state index is -4.39. The average Bonchev–Trinajstić information content (AvgIpc) is 3.14. The normalized spacial score (nSPS) is 11.9. The number of benzene rings is 2. The van der Waals surface area contributed by atoms with Crippen LogP contribution in [-0.4, -0.2) is 27.7 Å². The molecule has 0 aliphatic carbocycles. The van der Waals surface area contributed by atoms with Gasteiger partial charge in [-0.25, -0.2) is 4.79 Å². The molecule has 0 saturated carbocycles. The molecule has 0 aliphatic heterocycles. The van der Waals surface area contributed by atoms with Gasteiger partial charge in [-0.2, -0.15) is 13.2 Å². The number of rotatable bonds is 2. The second-order valence-corrected chi connectivity index (χ2v) is 5.93. The number of hydrogen-bond acceptors (Lipinski definition) is 4. The summed E-state index contributed by atoms with van der Waals surface area (Å²) in [6, 6.07) is 9.89. The summed E-state index contributed by atoms with van der Waals surface area (Å²) in [5.74, 6) is -0.491. The summed E-state index contributed by atoms with van der Waals surface area (Å²) < 4.78 is 44.9. The first kappa shape index (κ1) is 17.0. The Labute approximate surface area is 151 Å². The summed E-state index contributed by atoms with van der Waals surface area (Å²) in [5, 5.41) is 9.33. The Morgan fingerprint density at radius 1 is 1.07 bits per heavy atom. The maximum atomic E-state index is 12.8. The smallest absolute Gasteiger partial charge is 0.416 e. The number of carbonyl (C=O) groups excluding carboxylic acids is 1. The van der Waals surface area contributed by atoms with Crippen LogP contribution in [-0.2, 0) is 10.9 Å². The zero-order valence-corrected chi connectivity index (χ0v) is 14.0. The molecular formula is C19H12F3N3O2. The number of methoxy groups -OCH3 is 1. The zero-order chi connectivity index (χ0) is 19.2. The lowest BCUT2D eigenvalue weighted by Gasteiger charge is -2.11. The second-order valence-electron chi connectivity index (χ2n) is 5.93. The third-order valence-corrected chi connectivity index (χ3v) is 4.34. The first-order valence-electron chi connectivity index (χ1n) is 7.90. The highest BCUT2D eigenvalue weighted by Crippen LogP contribution is 2.34. The van der Waals surface area contributed by atoms with E-state index in [4.69, 9.17) is 4.74 Å². The summed E-state index contributed by atoms with van der Waals surface area (Å²) in [5.41, 5.74) is 1.47. The summed E-state index contributed by atoms with van der Waals surface area (Å²) >= 11 is 0. The molecule has 4 rings (SSSR count).